The molecule has 2 atom stereocenters. The Hall–Kier alpha value is -4.77. The maximum atomic E-state index is 12.9. The molecule has 1 heterocycles. The van der Waals surface area contributed by atoms with Crippen LogP contribution in [0.4, 0.5) is 9.93 Å². The number of aromatic nitrogens is 1. The average Bonchev–Trinajstić information content (AvgIpc) is 3.37. The molecule has 0 aliphatic heterocycles. The fourth-order valence-corrected chi connectivity index (χ4v) is 4.74. The highest BCUT2D eigenvalue weighted by Gasteiger charge is 2.23. The molecule has 0 aliphatic rings. The van der Waals surface area contributed by atoms with E-state index >= 15 is 0 Å². The second-order valence-electron chi connectivity index (χ2n) is 9.17. The van der Waals surface area contributed by atoms with Gasteiger partial charge in [0.1, 0.15) is 6.04 Å². The number of hydrogen-bond donors (Lipinski definition) is 5. The molecular formula is C29H29N5O5S. The first-order valence-electron chi connectivity index (χ1n) is 12.6. The second-order valence-corrected chi connectivity index (χ2v) is 10.0. The number of carboxylic acids is 1. The number of anilines is 1. The minimum Gasteiger partial charge on any atom is -0.481 e. The Kier molecular flexibility index (Phi) is 9.42. The molecule has 4 aromatic rings. The van der Waals surface area contributed by atoms with E-state index in [1.54, 1.807) is 11.4 Å². The van der Waals surface area contributed by atoms with Crippen LogP contribution in [0, 0.1) is 0 Å². The maximum Gasteiger partial charge on any atom is 0.321 e. The van der Waals surface area contributed by atoms with Gasteiger partial charge >= 0.3 is 12.0 Å². The molecule has 0 bridgehead atoms. The van der Waals surface area contributed by atoms with E-state index in [9.17, 15) is 24.3 Å². The van der Waals surface area contributed by atoms with E-state index in [4.69, 9.17) is 0 Å². The van der Waals surface area contributed by atoms with Crippen molar-refractivity contribution in [1.82, 2.24) is 20.9 Å². The number of benzene rings is 3. The first-order valence-corrected chi connectivity index (χ1v) is 13.5. The van der Waals surface area contributed by atoms with E-state index in [-0.39, 0.29) is 12.8 Å². The Morgan fingerprint density at radius 2 is 1.65 bits per heavy atom. The third-order valence-corrected chi connectivity index (χ3v) is 6.86. The number of carboxylic acid groups (broad SMARTS) is 1. The van der Waals surface area contributed by atoms with Gasteiger partial charge in [-0.1, -0.05) is 66.7 Å². The van der Waals surface area contributed by atoms with Crippen molar-refractivity contribution in [2.75, 3.05) is 5.32 Å². The van der Waals surface area contributed by atoms with Crippen LogP contribution in [0.1, 0.15) is 36.2 Å². The largest absolute Gasteiger partial charge is 0.481 e. The number of carbonyl (C=O) groups is 4. The number of fused-ring (bicyclic) bond motifs is 1. The molecule has 5 N–H and O–H groups in total. The highest BCUT2D eigenvalue weighted by molar-refractivity contribution is 7.13. The molecule has 0 aliphatic carbocycles. The van der Waals surface area contributed by atoms with Crippen LogP contribution in [-0.2, 0) is 27.3 Å². The van der Waals surface area contributed by atoms with Crippen LogP contribution in [0.2, 0.25) is 0 Å². The van der Waals surface area contributed by atoms with Crippen molar-refractivity contribution in [3.8, 4) is 0 Å². The smallest absolute Gasteiger partial charge is 0.321 e. The number of aliphatic carboxylic acids is 1. The van der Waals surface area contributed by atoms with Gasteiger partial charge < -0.3 is 21.1 Å². The first kappa shape index (κ1) is 28.2. The summed E-state index contributed by atoms with van der Waals surface area (Å²) in [5.41, 5.74) is 2.05. The lowest BCUT2D eigenvalue weighted by Crippen LogP contribution is -2.46. The molecule has 11 heteroatoms. The molecule has 0 radical (unpaired) electrons. The van der Waals surface area contributed by atoms with Crippen molar-refractivity contribution >= 4 is 51.1 Å². The van der Waals surface area contributed by atoms with Crippen LogP contribution in [0.5, 0.6) is 0 Å². The van der Waals surface area contributed by atoms with Crippen molar-refractivity contribution in [2.45, 2.75) is 38.4 Å². The predicted molar refractivity (Wildman–Crippen MR) is 153 cm³/mol. The van der Waals surface area contributed by atoms with Crippen LogP contribution < -0.4 is 21.3 Å². The van der Waals surface area contributed by atoms with Gasteiger partial charge in [0.25, 0.3) is 0 Å². The summed E-state index contributed by atoms with van der Waals surface area (Å²) in [6.45, 7) is 1.89. The first-order chi connectivity index (χ1) is 19.3. The summed E-state index contributed by atoms with van der Waals surface area (Å²) < 4.78 is 0. The van der Waals surface area contributed by atoms with Gasteiger partial charge in [0.15, 0.2) is 5.13 Å². The minimum atomic E-state index is -1.06. The molecule has 1 aromatic heterocycles. The molecule has 40 heavy (non-hydrogen) atoms. The van der Waals surface area contributed by atoms with Gasteiger partial charge in [-0.15, -0.1) is 11.3 Å². The Labute approximate surface area is 234 Å². The fourth-order valence-electron chi connectivity index (χ4n) is 4.04. The van der Waals surface area contributed by atoms with Gasteiger partial charge in [0.05, 0.1) is 24.6 Å². The zero-order valence-electron chi connectivity index (χ0n) is 21.7. The quantitative estimate of drug-likeness (QED) is 0.188. The molecule has 4 rings (SSSR count). The standard InChI is InChI=1S/C29H29N5O5S/c1-18(27(38)33-24(15-26(36)37)22-12-11-20-9-5-6-10-21(20)13-22)31-25(35)14-23-17-40-29(32-23)34-28(39)30-16-19-7-3-2-4-8-19/h2-13,17-18,24H,14-16H2,1H3,(H,31,35)(H,33,38)(H,36,37)(H2,30,32,34,39). The van der Waals surface area contributed by atoms with Crippen molar-refractivity contribution < 1.29 is 24.3 Å². The van der Waals surface area contributed by atoms with Crippen molar-refractivity contribution in [3.63, 3.8) is 0 Å². The van der Waals surface area contributed by atoms with Crippen LogP contribution in [0.15, 0.2) is 78.2 Å². The number of thiazole rings is 1. The lowest BCUT2D eigenvalue weighted by Gasteiger charge is -2.21. The Morgan fingerprint density at radius 1 is 0.925 bits per heavy atom. The summed E-state index contributed by atoms with van der Waals surface area (Å²) in [5, 5.41) is 24.1. The Balaban J connectivity index is 1.28. The topological polar surface area (TPSA) is 150 Å². The Bertz CT molecular complexity index is 1510. The summed E-state index contributed by atoms with van der Waals surface area (Å²) in [5.74, 6) is -2.01. The molecule has 10 nitrogen and oxygen atoms in total. The fraction of sp³-hybridized carbons (Fsp3) is 0.207. The molecule has 2 unspecified atom stereocenters. The number of nitrogens with one attached hydrogen (secondary N) is 4. The summed E-state index contributed by atoms with van der Waals surface area (Å²) in [6.07, 6.45) is -0.400. The second kappa shape index (κ2) is 13.3. The van der Waals surface area contributed by atoms with E-state index in [0.29, 0.717) is 22.9 Å². The van der Waals surface area contributed by atoms with E-state index < -0.39 is 35.9 Å². The highest BCUT2D eigenvalue weighted by Crippen LogP contribution is 2.23. The van der Waals surface area contributed by atoms with Gasteiger partial charge in [-0.25, -0.2) is 9.78 Å². The summed E-state index contributed by atoms with van der Waals surface area (Å²) in [7, 11) is 0. The highest BCUT2D eigenvalue weighted by atomic mass is 32.1. The number of urea groups is 1. The third-order valence-electron chi connectivity index (χ3n) is 6.05. The van der Waals surface area contributed by atoms with E-state index in [1.807, 2.05) is 66.7 Å². The lowest BCUT2D eigenvalue weighted by atomic mass is 9.99. The number of nitrogens with zero attached hydrogens (tertiary/aromatic N) is 1. The van der Waals surface area contributed by atoms with Crippen LogP contribution >= 0.6 is 11.3 Å². The molecule has 0 spiro atoms. The molecule has 206 valence electrons. The third kappa shape index (κ3) is 8.11. The van der Waals surface area contributed by atoms with Gasteiger partial charge in [0.2, 0.25) is 11.8 Å². The van der Waals surface area contributed by atoms with Crippen molar-refractivity contribution in [3.05, 3.63) is 95.0 Å². The molecule has 3 aromatic carbocycles. The van der Waals surface area contributed by atoms with E-state index in [0.717, 1.165) is 16.3 Å². The zero-order valence-corrected chi connectivity index (χ0v) is 22.5. The predicted octanol–water partition coefficient (Wildman–Crippen LogP) is 4.00. The lowest BCUT2D eigenvalue weighted by molar-refractivity contribution is -0.138. The van der Waals surface area contributed by atoms with Crippen LogP contribution in [0.3, 0.4) is 0 Å². The van der Waals surface area contributed by atoms with Gasteiger partial charge in [-0.05, 0) is 34.9 Å². The molecular weight excluding hydrogens is 530 g/mol. The molecule has 0 fully saturated rings. The summed E-state index contributed by atoms with van der Waals surface area (Å²) >= 11 is 1.18. The average molecular weight is 560 g/mol. The normalized spacial score (nSPS) is 12.2. The molecule has 0 saturated carbocycles. The monoisotopic (exact) mass is 559 g/mol. The number of carbonyl (C=O) groups excluding carboxylic acids is 3. The SMILES string of the molecule is CC(NC(=O)Cc1csc(NC(=O)NCc2ccccc2)n1)C(=O)NC(CC(=O)O)c1ccc2ccccc2c1. The maximum absolute atomic E-state index is 12.9. The minimum absolute atomic E-state index is 0.0926. The van der Waals surface area contributed by atoms with Crippen LogP contribution in [-0.4, -0.2) is 39.9 Å². The van der Waals surface area contributed by atoms with Gasteiger partial charge in [-0.2, -0.15) is 0 Å². The van der Waals surface area contributed by atoms with E-state index in [1.165, 1.54) is 18.3 Å². The van der Waals surface area contributed by atoms with Crippen LogP contribution in [0.25, 0.3) is 10.8 Å². The molecule has 4 amide bonds. The number of amides is 4. The Morgan fingerprint density at radius 3 is 2.40 bits per heavy atom. The van der Waals surface area contributed by atoms with Gasteiger partial charge in [-0.3, -0.25) is 19.7 Å². The van der Waals surface area contributed by atoms with E-state index in [2.05, 4.69) is 26.3 Å². The number of hydrogen-bond acceptors (Lipinski definition) is 6. The number of rotatable bonds is 11. The van der Waals surface area contributed by atoms with Gasteiger partial charge in [0, 0.05) is 11.9 Å². The zero-order chi connectivity index (χ0) is 28.5. The van der Waals surface area contributed by atoms with Crippen molar-refractivity contribution in [1.29, 1.82) is 0 Å². The summed E-state index contributed by atoms with van der Waals surface area (Å²) in [4.78, 5) is 53.3. The van der Waals surface area contributed by atoms with Crippen molar-refractivity contribution in [2.24, 2.45) is 0 Å². The summed E-state index contributed by atoms with van der Waals surface area (Å²) in [6, 6.07) is 20.5. The molecule has 0 saturated heterocycles.